The van der Waals surface area contributed by atoms with Crippen molar-refractivity contribution in [2.24, 2.45) is 5.92 Å². The number of nitrogens with zero attached hydrogens (tertiary/aromatic N) is 2. The Bertz CT molecular complexity index is 808. The van der Waals surface area contributed by atoms with Gasteiger partial charge < -0.3 is 19.9 Å². The monoisotopic (exact) mass is 381 g/mol. The van der Waals surface area contributed by atoms with Gasteiger partial charge in [0.1, 0.15) is 11.5 Å². The van der Waals surface area contributed by atoms with E-state index < -0.39 is 0 Å². The van der Waals surface area contributed by atoms with Crippen LogP contribution in [0, 0.1) is 5.92 Å². The summed E-state index contributed by atoms with van der Waals surface area (Å²) in [4.78, 5) is 28.4. The quantitative estimate of drug-likeness (QED) is 0.763. The van der Waals surface area contributed by atoms with Crippen LogP contribution in [0.2, 0.25) is 0 Å². The molecule has 0 radical (unpaired) electrons. The summed E-state index contributed by atoms with van der Waals surface area (Å²) in [6.45, 7) is 2.37. The molecule has 0 saturated carbocycles. The number of hydrogen-bond acceptors (Lipinski definition) is 4. The standard InChI is InChI=1S/C22H27N3O3/c1-24(2)11-12-25-16-18(14-21(25)26)22(27)23-15-17-7-6-10-20(13-17)28-19-8-4-3-5-9-19/h3-10,13,18H,11-12,14-16H2,1-2H3,(H,23,27)/t18-/m0/s1. The first kappa shape index (κ1) is 19.9. The predicted molar refractivity (Wildman–Crippen MR) is 108 cm³/mol. The SMILES string of the molecule is CN(C)CCN1C[C@@H](C(=O)NCc2cccc(Oc3ccccc3)c2)CC1=O. The van der Waals surface area contributed by atoms with E-state index in [1.807, 2.05) is 73.6 Å². The van der Waals surface area contributed by atoms with Crippen LogP contribution in [0.25, 0.3) is 0 Å². The van der Waals surface area contributed by atoms with Gasteiger partial charge >= 0.3 is 0 Å². The first-order valence-corrected chi connectivity index (χ1v) is 9.53. The Hall–Kier alpha value is -2.86. The molecule has 1 N–H and O–H groups in total. The van der Waals surface area contributed by atoms with E-state index in [0.29, 0.717) is 19.6 Å². The van der Waals surface area contributed by atoms with Crippen LogP contribution in [0.5, 0.6) is 11.5 Å². The van der Waals surface area contributed by atoms with Crippen molar-refractivity contribution in [3.8, 4) is 11.5 Å². The zero-order chi connectivity index (χ0) is 19.9. The fourth-order valence-electron chi connectivity index (χ4n) is 3.16. The molecule has 1 fully saturated rings. The van der Waals surface area contributed by atoms with Crippen LogP contribution in [-0.4, -0.2) is 55.3 Å². The number of likely N-dealkylation sites (N-methyl/N-ethyl adjacent to an activating group) is 1. The summed E-state index contributed by atoms with van der Waals surface area (Å²) >= 11 is 0. The van der Waals surface area contributed by atoms with Gasteiger partial charge in [0.25, 0.3) is 0 Å². The number of hydrogen-bond donors (Lipinski definition) is 1. The second-order valence-corrected chi connectivity index (χ2v) is 7.32. The van der Waals surface area contributed by atoms with Crippen LogP contribution >= 0.6 is 0 Å². The zero-order valence-corrected chi connectivity index (χ0v) is 16.4. The Morgan fingerprint density at radius 2 is 1.89 bits per heavy atom. The molecule has 1 heterocycles. The van der Waals surface area contributed by atoms with Crippen molar-refractivity contribution in [2.45, 2.75) is 13.0 Å². The van der Waals surface area contributed by atoms with E-state index in [4.69, 9.17) is 4.74 Å². The van der Waals surface area contributed by atoms with E-state index in [9.17, 15) is 9.59 Å². The number of rotatable bonds is 8. The lowest BCUT2D eigenvalue weighted by Crippen LogP contribution is -2.35. The van der Waals surface area contributed by atoms with Crippen molar-refractivity contribution < 1.29 is 14.3 Å². The van der Waals surface area contributed by atoms with Crippen molar-refractivity contribution in [1.29, 1.82) is 0 Å². The third-order valence-electron chi connectivity index (χ3n) is 4.75. The average molecular weight is 381 g/mol. The molecule has 1 atom stereocenters. The molecule has 2 aromatic rings. The highest BCUT2D eigenvalue weighted by Gasteiger charge is 2.33. The van der Waals surface area contributed by atoms with Crippen molar-refractivity contribution in [3.05, 3.63) is 60.2 Å². The fraction of sp³-hybridized carbons (Fsp3) is 0.364. The predicted octanol–water partition coefficient (Wildman–Crippen LogP) is 2.51. The number of carbonyl (C=O) groups is 2. The number of benzene rings is 2. The number of amides is 2. The van der Waals surface area contributed by atoms with Crippen molar-refractivity contribution in [1.82, 2.24) is 15.1 Å². The summed E-state index contributed by atoms with van der Waals surface area (Å²) in [5.41, 5.74) is 0.954. The van der Waals surface area contributed by atoms with Gasteiger partial charge in [-0.2, -0.15) is 0 Å². The van der Waals surface area contributed by atoms with Crippen molar-refractivity contribution in [3.63, 3.8) is 0 Å². The summed E-state index contributed by atoms with van der Waals surface area (Å²) in [6, 6.07) is 17.2. The molecule has 28 heavy (non-hydrogen) atoms. The Labute approximate surface area is 166 Å². The minimum atomic E-state index is -0.279. The van der Waals surface area contributed by atoms with Gasteiger partial charge in [-0.25, -0.2) is 0 Å². The molecular formula is C22H27N3O3. The van der Waals surface area contributed by atoms with Gasteiger partial charge in [0, 0.05) is 32.6 Å². The van der Waals surface area contributed by atoms with Crippen LogP contribution in [-0.2, 0) is 16.1 Å². The first-order chi connectivity index (χ1) is 13.5. The third kappa shape index (κ3) is 5.57. The van der Waals surface area contributed by atoms with Gasteiger partial charge in [-0.1, -0.05) is 30.3 Å². The topological polar surface area (TPSA) is 61.9 Å². The van der Waals surface area contributed by atoms with Crippen LogP contribution in [0.1, 0.15) is 12.0 Å². The Balaban J connectivity index is 1.51. The molecule has 0 unspecified atom stereocenters. The van der Waals surface area contributed by atoms with E-state index in [1.165, 1.54) is 0 Å². The number of carbonyl (C=O) groups excluding carboxylic acids is 2. The van der Waals surface area contributed by atoms with Crippen LogP contribution in [0.4, 0.5) is 0 Å². The minimum Gasteiger partial charge on any atom is -0.457 e. The number of para-hydroxylation sites is 1. The summed E-state index contributed by atoms with van der Waals surface area (Å²) in [6.07, 6.45) is 0.288. The number of likely N-dealkylation sites (tertiary alicyclic amines) is 1. The lowest BCUT2D eigenvalue weighted by Gasteiger charge is -2.19. The Morgan fingerprint density at radius 3 is 2.64 bits per heavy atom. The molecule has 1 saturated heterocycles. The van der Waals surface area contributed by atoms with Crippen LogP contribution in [0.15, 0.2) is 54.6 Å². The van der Waals surface area contributed by atoms with E-state index in [0.717, 1.165) is 23.6 Å². The summed E-state index contributed by atoms with van der Waals surface area (Å²) in [7, 11) is 3.95. The van der Waals surface area contributed by atoms with Gasteiger partial charge in [0.2, 0.25) is 11.8 Å². The highest BCUT2D eigenvalue weighted by molar-refractivity contribution is 5.89. The molecule has 0 aromatic heterocycles. The fourth-order valence-corrected chi connectivity index (χ4v) is 3.16. The molecule has 6 heteroatoms. The van der Waals surface area contributed by atoms with Crippen LogP contribution < -0.4 is 10.1 Å². The second kappa shape index (κ2) is 9.37. The minimum absolute atomic E-state index is 0.0558. The van der Waals surface area contributed by atoms with Gasteiger partial charge in [-0.05, 0) is 43.9 Å². The molecule has 1 aliphatic rings. The molecular weight excluding hydrogens is 354 g/mol. The maximum absolute atomic E-state index is 12.5. The molecule has 2 amide bonds. The van der Waals surface area contributed by atoms with Gasteiger partial charge in [-0.15, -0.1) is 0 Å². The molecule has 6 nitrogen and oxygen atoms in total. The highest BCUT2D eigenvalue weighted by Crippen LogP contribution is 2.22. The van der Waals surface area contributed by atoms with Crippen molar-refractivity contribution in [2.75, 3.05) is 33.7 Å². The number of nitrogens with one attached hydrogen (secondary N) is 1. The average Bonchev–Trinajstić information content (AvgIpc) is 3.06. The van der Waals surface area contributed by atoms with Crippen LogP contribution in [0.3, 0.4) is 0 Å². The molecule has 2 aromatic carbocycles. The first-order valence-electron chi connectivity index (χ1n) is 9.53. The van der Waals surface area contributed by atoms with E-state index >= 15 is 0 Å². The largest absolute Gasteiger partial charge is 0.457 e. The van der Waals surface area contributed by atoms with Gasteiger partial charge in [0.05, 0.1) is 5.92 Å². The Kier molecular flexibility index (Phi) is 6.66. The summed E-state index contributed by atoms with van der Waals surface area (Å²) in [5, 5.41) is 2.95. The summed E-state index contributed by atoms with van der Waals surface area (Å²) < 4.78 is 5.83. The molecule has 3 rings (SSSR count). The van der Waals surface area contributed by atoms with Gasteiger partial charge in [0.15, 0.2) is 0 Å². The van der Waals surface area contributed by atoms with E-state index in [1.54, 1.807) is 4.90 Å². The maximum Gasteiger partial charge on any atom is 0.225 e. The van der Waals surface area contributed by atoms with E-state index in [2.05, 4.69) is 5.32 Å². The third-order valence-corrected chi connectivity index (χ3v) is 4.75. The second-order valence-electron chi connectivity index (χ2n) is 7.32. The zero-order valence-electron chi connectivity index (χ0n) is 16.4. The maximum atomic E-state index is 12.5. The number of ether oxygens (including phenoxy) is 1. The molecule has 148 valence electrons. The normalized spacial score (nSPS) is 16.5. The molecule has 1 aliphatic heterocycles. The molecule has 0 aliphatic carbocycles. The van der Waals surface area contributed by atoms with Gasteiger partial charge in [-0.3, -0.25) is 9.59 Å². The lowest BCUT2D eigenvalue weighted by atomic mass is 10.1. The highest BCUT2D eigenvalue weighted by atomic mass is 16.5. The lowest BCUT2D eigenvalue weighted by molar-refractivity contribution is -0.129. The molecule has 0 bridgehead atoms. The smallest absolute Gasteiger partial charge is 0.225 e. The molecule has 0 spiro atoms. The van der Waals surface area contributed by atoms with Crippen molar-refractivity contribution >= 4 is 11.8 Å². The van der Waals surface area contributed by atoms with E-state index in [-0.39, 0.29) is 24.2 Å². The summed E-state index contributed by atoms with van der Waals surface area (Å²) in [5.74, 6) is 1.20. The Morgan fingerprint density at radius 1 is 1.14 bits per heavy atom.